The molecule has 6 heteroatoms. The van der Waals surface area contributed by atoms with Gasteiger partial charge in [-0.15, -0.1) is 0 Å². The molecule has 0 aliphatic heterocycles. The molecule has 2 N–H and O–H groups in total. The molecule has 0 aliphatic rings. The third-order valence-corrected chi connectivity index (χ3v) is 3.75. The smallest absolute Gasteiger partial charge is 0.257 e. The Labute approximate surface area is 142 Å². The Kier molecular flexibility index (Phi) is 5.39. The Balaban J connectivity index is 2.56. The van der Waals surface area contributed by atoms with Crippen molar-refractivity contribution < 1.29 is 9.53 Å². The molecule has 2 rings (SSSR count). The number of aryl methyl sites for hydroxylation is 1. The van der Waals surface area contributed by atoms with Gasteiger partial charge in [0.15, 0.2) is 0 Å². The van der Waals surface area contributed by atoms with Crippen LogP contribution in [0.4, 0.5) is 5.95 Å². The Bertz CT molecular complexity index is 744. The normalized spacial score (nSPS) is 11.9. The molecule has 0 bridgehead atoms. The van der Waals surface area contributed by atoms with Gasteiger partial charge in [0.2, 0.25) is 5.95 Å². The zero-order chi connectivity index (χ0) is 17.9. The van der Waals surface area contributed by atoms with E-state index in [2.05, 4.69) is 16.9 Å². The Morgan fingerprint density at radius 1 is 1.33 bits per heavy atom. The fourth-order valence-corrected chi connectivity index (χ4v) is 2.32. The zero-order valence-electron chi connectivity index (χ0n) is 14.8. The second-order valence-electron chi connectivity index (χ2n) is 5.95. The molecule has 24 heavy (non-hydrogen) atoms. The molecule has 0 spiro atoms. The lowest BCUT2D eigenvalue weighted by atomic mass is 10.0. The number of hydrogen-bond acceptors (Lipinski definition) is 5. The quantitative estimate of drug-likeness (QED) is 0.912. The number of amides is 1. The van der Waals surface area contributed by atoms with Crippen molar-refractivity contribution in [3.05, 3.63) is 35.5 Å². The predicted octanol–water partition coefficient (Wildman–Crippen LogP) is 2.91. The highest BCUT2D eigenvalue weighted by Crippen LogP contribution is 2.28. The molecular formula is C18H24N4O2. The number of anilines is 1. The molecule has 6 nitrogen and oxygen atoms in total. The summed E-state index contributed by atoms with van der Waals surface area (Å²) in [4.78, 5) is 22.5. The number of nitrogens with two attached hydrogens (primary N) is 1. The van der Waals surface area contributed by atoms with Crippen LogP contribution in [0.1, 0.15) is 36.3 Å². The van der Waals surface area contributed by atoms with Gasteiger partial charge in [-0.1, -0.05) is 19.1 Å². The van der Waals surface area contributed by atoms with Gasteiger partial charge in [0, 0.05) is 19.7 Å². The van der Waals surface area contributed by atoms with Crippen LogP contribution in [0.25, 0.3) is 11.3 Å². The molecule has 1 aromatic carbocycles. The first-order chi connectivity index (χ1) is 11.3. The van der Waals surface area contributed by atoms with Crippen LogP contribution in [-0.2, 0) is 0 Å². The molecule has 0 saturated carbocycles. The summed E-state index contributed by atoms with van der Waals surface area (Å²) < 4.78 is 5.86. The highest BCUT2D eigenvalue weighted by atomic mass is 16.5. The maximum Gasteiger partial charge on any atom is 0.257 e. The summed E-state index contributed by atoms with van der Waals surface area (Å²) in [6.07, 6.45) is 1.02. The minimum absolute atomic E-state index is 0.111. The van der Waals surface area contributed by atoms with Gasteiger partial charge in [-0.2, -0.15) is 0 Å². The third-order valence-electron chi connectivity index (χ3n) is 3.75. The number of carbonyl (C=O) groups excluding carboxylic acids is 1. The molecule has 1 atom stereocenters. The van der Waals surface area contributed by atoms with Gasteiger partial charge >= 0.3 is 0 Å². The largest absolute Gasteiger partial charge is 0.491 e. The fraction of sp³-hybridized carbons (Fsp3) is 0.389. The van der Waals surface area contributed by atoms with Gasteiger partial charge in [-0.05, 0) is 32.4 Å². The van der Waals surface area contributed by atoms with Crippen molar-refractivity contribution in [1.82, 2.24) is 14.9 Å². The van der Waals surface area contributed by atoms with Crippen molar-refractivity contribution in [2.75, 3.05) is 19.8 Å². The number of carbonyl (C=O) groups is 1. The van der Waals surface area contributed by atoms with Crippen LogP contribution >= 0.6 is 0 Å². The number of hydrogen-bond donors (Lipinski definition) is 1. The molecule has 0 saturated heterocycles. The summed E-state index contributed by atoms with van der Waals surface area (Å²) >= 11 is 0. The molecule has 1 heterocycles. The SMILES string of the molecule is CCC(C)Oc1cccc(-c2nc(N)nc(C)c2C(=O)N(C)C)c1. The van der Waals surface area contributed by atoms with Gasteiger partial charge in [-0.25, -0.2) is 9.97 Å². The van der Waals surface area contributed by atoms with Crippen LogP contribution in [0.5, 0.6) is 5.75 Å². The highest BCUT2D eigenvalue weighted by Gasteiger charge is 2.21. The van der Waals surface area contributed by atoms with Crippen LogP contribution in [0.15, 0.2) is 24.3 Å². The highest BCUT2D eigenvalue weighted by molar-refractivity contribution is 6.00. The van der Waals surface area contributed by atoms with E-state index in [9.17, 15) is 4.79 Å². The summed E-state index contributed by atoms with van der Waals surface area (Å²) in [5.41, 5.74) is 8.11. The molecule has 1 unspecified atom stereocenters. The molecule has 0 fully saturated rings. The lowest BCUT2D eigenvalue weighted by Gasteiger charge is -2.17. The van der Waals surface area contributed by atoms with Gasteiger partial charge < -0.3 is 15.4 Å². The van der Waals surface area contributed by atoms with E-state index in [1.807, 2.05) is 31.2 Å². The predicted molar refractivity (Wildman–Crippen MR) is 95.0 cm³/mol. The van der Waals surface area contributed by atoms with E-state index in [0.717, 1.165) is 17.7 Å². The van der Waals surface area contributed by atoms with Gasteiger partial charge in [0.05, 0.1) is 23.1 Å². The van der Waals surface area contributed by atoms with Crippen molar-refractivity contribution in [2.45, 2.75) is 33.3 Å². The van der Waals surface area contributed by atoms with E-state index in [-0.39, 0.29) is 18.0 Å². The molecule has 2 aromatic rings. The van der Waals surface area contributed by atoms with E-state index in [1.165, 1.54) is 4.90 Å². The first kappa shape index (κ1) is 17.7. The molecule has 1 aromatic heterocycles. The van der Waals surface area contributed by atoms with Crippen molar-refractivity contribution in [2.24, 2.45) is 0 Å². The van der Waals surface area contributed by atoms with Crippen LogP contribution < -0.4 is 10.5 Å². The van der Waals surface area contributed by atoms with Crippen molar-refractivity contribution in [3.8, 4) is 17.0 Å². The Hall–Kier alpha value is -2.63. The average Bonchev–Trinajstić information content (AvgIpc) is 2.53. The van der Waals surface area contributed by atoms with Crippen LogP contribution in [-0.4, -0.2) is 41.0 Å². The molecule has 0 radical (unpaired) electrons. The number of nitrogens with zero attached hydrogens (tertiary/aromatic N) is 3. The molecule has 1 amide bonds. The number of aromatic nitrogens is 2. The molecular weight excluding hydrogens is 304 g/mol. The van der Waals surface area contributed by atoms with Crippen LogP contribution in [0.2, 0.25) is 0 Å². The average molecular weight is 328 g/mol. The van der Waals surface area contributed by atoms with E-state index in [0.29, 0.717) is 17.0 Å². The Morgan fingerprint density at radius 2 is 2.04 bits per heavy atom. The topological polar surface area (TPSA) is 81.3 Å². The number of ether oxygens (including phenoxy) is 1. The van der Waals surface area contributed by atoms with Gasteiger partial charge in [0.1, 0.15) is 5.75 Å². The van der Waals surface area contributed by atoms with Crippen molar-refractivity contribution in [3.63, 3.8) is 0 Å². The second-order valence-corrected chi connectivity index (χ2v) is 5.95. The van der Waals surface area contributed by atoms with Gasteiger partial charge in [-0.3, -0.25) is 4.79 Å². The van der Waals surface area contributed by atoms with E-state index in [4.69, 9.17) is 10.5 Å². The maximum atomic E-state index is 12.6. The number of rotatable bonds is 5. The minimum atomic E-state index is -0.157. The first-order valence-electron chi connectivity index (χ1n) is 7.96. The summed E-state index contributed by atoms with van der Waals surface area (Å²) in [7, 11) is 3.40. The lowest BCUT2D eigenvalue weighted by molar-refractivity contribution is 0.0827. The van der Waals surface area contributed by atoms with E-state index >= 15 is 0 Å². The van der Waals surface area contributed by atoms with Crippen molar-refractivity contribution in [1.29, 1.82) is 0 Å². The summed E-state index contributed by atoms with van der Waals surface area (Å²) in [5.74, 6) is 0.724. The minimum Gasteiger partial charge on any atom is -0.491 e. The van der Waals surface area contributed by atoms with Crippen molar-refractivity contribution >= 4 is 11.9 Å². The number of benzene rings is 1. The third kappa shape index (κ3) is 3.82. The molecule has 0 aliphatic carbocycles. The fourth-order valence-electron chi connectivity index (χ4n) is 2.32. The molecule has 128 valence electrons. The summed E-state index contributed by atoms with van der Waals surface area (Å²) in [6, 6.07) is 7.53. The summed E-state index contributed by atoms with van der Waals surface area (Å²) in [6.45, 7) is 5.84. The first-order valence-corrected chi connectivity index (χ1v) is 7.96. The number of nitrogen functional groups attached to an aromatic ring is 1. The van der Waals surface area contributed by atoms with E-state index < -0.39 is 0 Å². The van der Waals surface area contributed by atoms with E-state index in [1.54, 1.807) is 21.0 Å². The lowest BCUT2D eigenvalue weighted by Crippen LogP contribution is -2.24. The monoisotopic (exact) mass is 328 g/mol. The standard InChI is InChI=1S/C18H24N4O2/c1-6-11(2)24-14-9-7-8-13(10-14)16-15(17(23)22(4)5)12(3)20-18(19)21-16/h7-11H,6H2,1-5H3,(H2,19,20,21). The maximum absolute atomic E-state index is 12.6. The summed E-state index contributed by atoms with van der Waals surface area (Å²) in [5, 5.41) is 0. The second kappa shape index (κ2) is 7.29. The zero-order valence-corrected chi connectivity index (χ0v) is 14.8. The van der Waals surface area contributed by atoms with Crippen LogP contribution in [0.3, 0.4) is 0 Å². The van der Waals surface area contributed by atoms with Gasteiger partial charge in [0.25, 0.3) is 5.91 Å². The van der Waals surface area contributed by atoms with Crippen LogP contribution in [0, 0.1) is 6.92 Å². The Morgan fingerprint density at radius 3 is 2.67 bits per heavy atom.